The molecule has 310 valence electrons. The van der Waals surface area contributed by atoms with Crippen LogP contribution in [0.3, 0.4) is 0 Å². The monoisotopic (exact) mass is 840 g/mol. The van der Waals surface area contributed by atoms with Gasteiger partial charge >= 0.3 is 0 Å². The summed E-state index contributed by atoms with van der Waals surface area (Å²) in [6.07, 6.45) is 0. The SMILES string of the molecule is c1ccc(N(c2ccccc2)c2ccc3cc(-c4ccc(-c5ccc(-c6ccc7cc(N(c8ccccc8)c8ccccc8)ccc7c6)c6ccccc56)c5ccccc45)ccc3c2)cc1. The topological polar surface area (TPSA) is 6.48 Å². The summed E-state index contributed by atoms with van der Waals surface area (Å²) in [5, 5.41) is 9.79. The summed E-state index contributed by atoms with van der Waals surface area (Å²) in [7, 11) is 0. The first kappa shape index (κ1) is 38.9. The zero-order valence-corrected chi connectivity index (χ0v) is 36.3. The van der Waals surface area contributed by atoms with E-state index in [0.717, 1.165) is 34.1 Å². The predicted octanol–water partition coefficient (Wildman–Crippen LogP) is 18.2. The van der Waals surface area contributed by atoms with Crippen LogP contribution in [0.1, 0.15) is 0 Å². The molecule has 12 rings (SSSR count). The standard InChI is InChI=1S/C64H44N2/c1-5-17-51(18-6-1)65(52-19-7-2-8-20-52)55-35-33-45-41-49(31-29-47(45)43-55)57-37-39-63(61-27-15-13-25-59(57)61)64-40-38-58(60-26-14-16-28-62(60)64)50-32-30-48-44-56(36-34-46(48)42-50)66(53-21-9-3-10-22-53)54-23-11-4-12-24-54/h1-44H. The maximum atomic E-state index is 2.34. The van der Waals surface area contributed by atoms with Gasteiger partial charge in [-0.2, -0.15) is 0 Å². The first-order valence-electron chi connectivity index (χ1n) is 22.7. The molecule has 12 aromatic rings. The smallest absolute Gasteiger partial charge is 0.0468 e. The summed E-state index contributed by atoms with van der Waals surface area (Å²) in [6.45, 7) is 0. The predicted molar refractivity (Wildman–Crippen MR) is 282 cm³/mol. The van der Waals surface area contributed by atoms with Crippen molar-refractivity contribution in [1.82, 2.24) is 0 Å². The third-order valence-electron chi connectivity index (χ3n) is 13.0. The molecule has 0 aliphatic carbocycles. The van der Waals surface area contributed by atoms with E-state index in [-0.39, 0.29) is 0 Å². The number of para-hydroxylation sites is 4. The Morgan fingerprint density at radius 2 is 0.455 bits per heavy atom. The highest BCUT2D eigenvalue weighted by molar-refractivity contribution is 6.13. The highest BCUT2D eigenvalue weighted by atomic mass is 15.1. The highest BCUT2D eigenvalue weighted by Gasteiger charge is 2.17. The number of hydrogen-bond donors (Lipinski definition) is 0. The molecule has 12 aromatic carbocycles. The summed E-state index contributed by atoms with van der Waals surface area (Å²) in [5.41, 5.74) is 14.1. The second-order valence-electron chi connectivity index (χ2n) is 16.9. The summed E-state index contributed by atoms with van der Waals surface area (Å²) in [4.78, 5) is 4.64. The van der Waals surface area contributed by atoms with E-state index in [0.29, 0.717) is 0 Å². The number of hydrogen-bond acceptors (Lipinski definition) is 2. The largest absolute Gasteiger partial charge is 0.310 e. The van der Waals surface area contributed by atoms with E-state index in [9.17, 15) is 0 Å². The second kappa shape index (κ2) is 16.8. The molecule has 0 saturated heterocycles. The molecule has 0 atom stereocenters. The molecule has 0 unspecified atom stereocenters. The van der Waals surface area contributed by atoms with Gasteiger partial charge < -0.3 is 9.80 Å². The molecule has 0 radical (unpaired) electrons. The summed E-state index contributed by atoms with van der Waals surface area (Å²) >= 11 is 0. The zero-order chi connectivity index (χ0) is 43.8. The fourth-order valence-electron chi connectivity index (χ4n) is 9.85. The lowest BCUT2D eigenvalue weighted by molar-refractivity contribution is 1.29. The molecule has 0 N–H and O–H groups in total. The lowest BCUT2D eigenvalue weighted by atomic mass is 9.87. The Morgan fingerprint density at radius 3 is 0.803 bits per heavy atom. The Kier molecular flexibility index (Phi) is 9.89. The molecule has 0 aromatic heterocycles. The van der Waals surface area contributed by atoms with Crippen LogP contribution in [0.4, 0.5) is 34.1 Å². The zero-order valence-electron chi connectivity index (χ0n) is 36.3. The fraction of sp³-hybridized carbons (Fsp3) is 0. The molecule has 0 spiro atoms. The van der Waals surface area contributed by atoms with Crippen molar-refractivity contribution < 1.29 is 0 Å². The minimum absolute atomic E-state index is 1.13. The highest BCUT2D eigenvalue weighted by Crippen LogP contribution is 2.43. The molecule has 0 aliphatic heterocycles. The molecule has 0 heterocycles. The van der Waals surface area contributed by atoms with Crippen LogP contribution in [-0.2, 0) is 0 Å². The van der Waals surface area contributed by atoms with E-state index in [1.165, 1.54) is 76.5 Å². The number of benzene rings is 12. The number of anilines is 6. The number of nitrogens with zero attached hydrogens (tertiary/aromatic N) is 2. The van der Waals surface area contributed by atoms with Crippen LogP contribution in [0.5, 0.6) is 0 Å². The van der Waals surface area contributed by atoms with Crippen LogP contribution < -0.4 is 9.80 Å². The van der Waals surface area contributed by atoms with Gasteiger partial charge in [0, 0.05) is 34.1 Å². The summed E-state index contributed by atoms with van der Waals surface area (Å²) < 4.78 is 0. The lowest BCUT2D eigenvalue weighted by Gasteiger charge is -2.25. The molecular formula is C64H44N2. The summed E-state index contributed by atoms with van der Waals surface area (Å²) in [6, 6.07) is 96.8. The maximum Gasteiger partial charge on any atom is 0.0468 e. The van der Waals surface area contributed by atoms with Gasteiger partial charge in [-0.15, -0.1) is 0 Å². The van der Waals surface area contributed by atoms with Gasteiger partial charge in [0.25, 0.3) is 0 Å². The average Bonchev–Trinajstić information content (AvgIpc) is 3.39. The van der Waals surface area contributed by atoms with Crippen molar-refractivity contribution in [2.75, 3.05) is 9.80 Å². The first-order valence-corrected chi connectivity index (χ1v) is 22.7. The lowest BCUT2D eigenvalue weighted by Crippen LogP contribution is -2.09. The van der Waals surface area contributed by atoms with Gasteiger partial charge in [-0.3, -0.25) is 0 Å². The third-order valence-corrected chi connectivity index (χ3v) is 13.0. The van der Waals surface area contributed by atoms with Crippen molar-refractivity contribution in [3.63, 3.8) is 0 Å². The van der Waals surface area contributed by atoms with E-state index in [2.05, 4.69) is 277 Å². The van der Waals surface area contributed by atoms with Gasteiger partial charge in [-0.25, -0.2) is 0 Å². The van der Waals surface area contributed by atoms with Gasteiger partial charge in [-0.1, -0.05) is 182 Å². The van der Waals surface area contributed by atoms with Crippen molar-refractivity contribution in [2.45, 2.75) is 0 Å². The quantitative estimate of drug-likeness (QED) is 0.143. The normalized spacial score (nSPS) is 11.3. The fourth-order valence-corrected chi connectivity index (χ4v) is 9.85. The van der Waals surface area contributed by atoms with Crippen LogP contribution in [0.15, 0.2) is 267 Å². The number of rotatable bonds is 9. The molecule has 0 bridgehead atoms. The third kappa shape index (κ3) is 7.12. The Morgan fingerprint density at radius 1 is 0.182 bits per heavy atom. The molecule has 0 amide bonds. The minimum atomic E-state index is 1.13. The Hall–Kier alpha value is -8.72. The second-order valence-corrected chi connectivity index (χ2v) is 16.9. The molecule has 66 heavy (non-hydrogen) atoms. The van der Waals surface area contributed by atoms with E-state index >= 15 is 0 Å². The van der Waals surface area contributed by atoms with Crippen LogP contribution >= 0.6 is 0 Å². The molecule has 2 nitrogen and oxygen atoms in total. The van der Waals surface area contributed by atoms with Crippen LogP contribution in [0, 0.1) is 0 Å². The van der Waals surface area contributed by atoms with Gasteiger partial charge in [0.2, 0.25) is 0 Å². The molecule has 0 aliphatic rings. The maximum absolute atomic E-state index is 2.34. The van der Waals surface area contributed by atoms with Gasteiger partial charge in [0.05, 0.1) is 0 Å². The Bertz CT molecular complexity index is 3370. The van der Waals surface area contributed by atoms with Crippen molar-refractivity contribution >= 4 is 77.2 Å². The van der Waals surface area contributed by atoms with Crippen molar-refractivity contribution in [3.05, 3.63) is 267 Å². The van der Waals surface area contributed by atoms with Gasteiger partial charge in [0.15, 0.2) is 0 Å². The van der Waals surface area contributed by atoms with Crippen LogP contribution in [0.2, 0.25) is 0 Å². The van der Waals surface area contributed by atoms with Crippen molar-refractivity contribution in [1.29, 1.82) is 0 Å². The average molecular weight is 841 g/mol. The van der Waals surface area contributed by atoms with Crippen molar-refractivity contribution in [2.24, 2.45) is 0 Å². The van der Waals surface area contributed by atoms with Crippen LogP contribution in [-0.4, -0.2) is 0 Å². The van der Waals surface area contributed by atoms with E-state index in [4.69, 9.17) is 0 Å². The van der Waals surface area contributed by atoms with Gasteiger partial charge in [0.1, 0.15) is 0 Å². The summed E-state index contributed by atoms with van der Waals surface area (Å²) in [5.74, 6) is 0. The van der Waals surface area contributed by atoms with E-state index < -0.39 is 0 Å². The Labute approximate surface area is 385 Å². The van der Waals surface area contributed by atoms with Gasteiger partial charge in [-0.05, 0) is 161 Å². The molecule has 2 heteroatoms. The van der Waals surface area contributed by atoms with Crippen LogP contribution in [0.25, 0.3) is 76.5 Å². The first-order chi connectivity index (χ1) is 32.7. The van der Waals surface area contributed by atoms with E-state index in [1.54, 1.807) is 0 Å². The molecule has 0 saturated carbocycles. The number of fused-ring (bicyclic) bond motifs is 4. The minimum Gasteiger partial charge on any atom is -0.310 e. The molecule has 0 fully saturated rings. The van der Waals surface area contributed by atoms with Crippen molar-refractivity contribution in [3.8, 4) is 33.4 Å². The Balaban J connectivity index is 0.893. The molecular weight excluding hydrogens is 797 g/mol. The van der Waals surface area contributed by atoms with E-state index in [1.807, 2.05) is 0 Å².